The predicted molar refractivity (Wildman–Crippen MR) is 79.7 cm³/mol. The van der Waals surface area contributed by atoms with Crippen LogP contribution in [0.2, 0.25) is 5.02 Å². The minimum absolute atomic E-state index is 0.0284. The van der Waals surface area contributed by atoms with Gasteiger partial charge in [-0.15, -0.1) is 0 Å². The van der Waals surface area contributed by atoms with E-state index in [1.807, 2.05) is 54.6 Å². The normalized spacial score (nSPS) is 17.9. The SMILES string of the molecule is O=CN1N=C(c2ccc(Cl)cc2)C[C@@H]1c1ccccc1. The van der Waals surface area contributed by atoms with Crippen molar-refractivity contribution in [3.05, 3.63) is 70.7 Å². The van der Waals surface area contributed by atoms with E-state index in [0.717, 1.165) is 23.2 Å². The van der Waals surface area contributed by atoms with E-state index < -0.39 is 0 Å². The zero-order valence-corrected chi connectivity index (χ0v) is 11.5. The van der Waals surface area contributed by atoms with E-state index in [1.54, 1.807) is 0 Å². The third-order valence-electron chi connectivity index (χ3n) is 3.41. The number of benzene rings is 2. The van der Waals surface area contributed by atoms with Crippen LogP contribution in [-0.4, -0.2) is 17.1 Å². The van der Waals surface area contributed by atoms with Crippen LogP contribution in [0, 0.1) is 0 Å². The zero-order valence-electron chi connectivity index (χ0n) is 10.7. The van der Waals surface area contributed by atoms with Crippen molar-refractivity contribution in [1.29, 1.82) is 0 Å². The maximum Gasteiger partial charge on any atom is 0.230 e. The topological polar surface area (TPSA) is 32.7 Å². The molecule has 0 radical (unpaired) electrons. The molecule has 1 amide bonds. The lowest BCUT2D eigenvalue weighted by molar-refractivity contribution is -0.119. The maximum absolute atomic E-state index is 11.2. The van der Waals surface area contributed by atoms with E-state index in [9.17, 15) is 4.79 Å². The number of carbonyl (C=O) groups excluding carboxylic acids is 1. The molecule has 3 rings (SSSR count). The summed E-state index contributed by atoms with van der Waals surface area (Å²) < 4.78 is 0. The van der Waals surface area contributed by atoms with Crippen LogP contribution < -0.4 is 0 Å². The van der Waals surface area contributed by atoms with E-state index in [1.165, 1.54) is 5.01 Å². The zero-order chi connectivity index (χ0) is 13.9. The van der Waals surface area contributed by atoms with Crippen molar-refractivity contribution >= 4 is 23.7 Å². The highest BCUT2D eigenvalue weighted by atomic mass is 35.5. The molecule has 0 fully saturated rings. The molecule has 1 aliphatic rings. The van der Waals surface area contributed by atoms with Gasteiger partial charge in [0.15, 0.2) is 0 Å². The molecular formula is C16H13ClN2O. The number of hydrogen-bond donors (Lipinski definition) is 0. The van der Waals surface area contributed by atoms with Crippen LogP contribution >= 0.6 is 11.6 Å². The van der Waals surface area contributed by atoms with Crippen LogP contribution in [0.3, 0.4) is 0 Å². The van der Waals surface area contributed by atoms with Gasteiger partial charge in [0.05, 0.1) is 11.8 Å². The van der Waals surface area contributed by atoms with Crippen molar-refractivity contribution in [2.24, 2.45) is 5.10 Å². The van der Waals surface area contributed by atoms with Gasteiger partial charge in [0.1, 0.15) is 0 Å². The quantitative estimate of drug-likeness (QED) is 0.792. The summed E-state index contributed by atoms with van der Waals surface area (Å²) in [6, 6.07) is 17.4. The van der Waals surface area contributed by atoms with E-state index in [0.29, 0.717) is 11.4 Å². The summed E-state index contributed by atoms with van der Waals surface area (Å²) in [4.78, 5) is 11.2. The fourth-order valence-corrected chi connectivity index (χ4v) is 2.51. The van der Waals surface area contributed by atoms with Crippen LogP contribution in [0.5, 0.6) is 0 Å². The molecule has 0 N–H and O–H groups in total. The fraction of sp³-hybridized carbons (Fsp3) is 0.125. The average molecular weight is 285 g/mol. The fourth-order valence-electron chi connectivity index (χ4n) is 2.39. The molecule has 4 heteroatoms. The second-order valence-corrected chi connectivity index (χ2v) is 5.11. The van der Waals surface area contributed by atoms with Gasteiger partial charge in [-0.05, 0) is 23.3 Å². The Morgan fingerprint density at radius 1 is 1.10 bits per heavy atom. The number of rotatable bonds is 3. The first-order valence-electron chi connectivity index (χ1n) is 6.40. The van der Waals surface area contributed by atoms with Crippen molar-refractivity contribution < 1.29 is 4.79 Å². The lowest BCUT2D eigenvalue weighted by Crippen LogP contribution is -2.17. The summed E-state index contributed by atoms with van der Waals surface area (Å²) in [5, 5.41) is 6.58. The molecule has 1 heterocycles. The lowest BCUT2D eigenvalue weighted by atomic mass is 9.99. The third-order valence-corrected chi connectivity index (χ3v) is 3.66. The van der Waals surface area contributed by atoms with Gasteiger partial charge in [0.2, 0.25) is 6.41 Å². The average Bonchev–Trinajstić information content (AvgIpc) is 2.93. The van der Waals surface area contributed by atoms with Gasteiger partial charge in [-0.25, -0.2) is 5.01 Å². The Morgan fingerprint density at radius 2 is 1.80 bits per heavy atom. The van der Waals surface area contributed by atoms with Crippen LogP contribution in [-0.2, 0) is 4.79 Å². The highest BCUT2D eigenvalue weighted by molar-refractivity contribution is 6.30. The van der Waals surface area contributed by atoms with E-state index in [4.69, 9.17) is 11.6 Å². The molecule has 20 heavy (non-hydrogen) atoms. The maximum atomic E-state index is 11.2. The first-order chi connectivity index (χ1) is 9.78. The molecule has 100 valence electrons. The molecule has 0 saturated carbocycles. The predicted octanol–water partition coefficient (Wildman–Crippen LogP) is 3.65. The molecule has 0 unspecified atom stereocenters. The molecule has 0 aromatic heterocycles. The summed E-state index contributed by atoms with van der Waals surface area (Å²) in [5.74, 6) is 0. The number of carbonyl (C=O) groups is 1. The summed E-state index contributed by atoms with van der Waals surface area (Å²) in [5.41, 5.74) is 3.00. The number of amides is 1. The molecule has 0 spiro atoms. The molecule has 0 bridgehead atoms. The molecule has 1 atom stereocenters. The van der Waals surface area contributed by atoms with Gasteiger partial charge in [-0.3, -0.25) is 4.79 Å². The monoisotopic (exact) mass is 284 g/mol. The molecule has 3 nitrogen and oxygen atoms in total. The number of nitrogens with zero attached hydrogens (tertiary/aromatic N) is 2. The Labute approximate surface area is 122 Å². The van der Waals surface area contributed by atoms with Gasteiger partial charge >= 0.3 is 0 Å². The Balaban J connectivity index is 1.89. The lowest BCUT2D eigenvalue weighted by Gasteiger charge is -2.16. The number of halogens is 1. The first-order valence-corrected chi connectivity index (χ1v) is 6.78. The Bertz CT molecular complexity index is 637. The van der Waals surface area contributed by atoms with Crippen LogP contribution in [0.15, 0.2) is 59.7 Å². The summed E-state index contributed by atoms with van der Waals surface area (Å²) >= 11 is 5.89. The number of hydrogen-bond acceptors (Lipinski definition) is 2. The summed E-state index contributed by atoms with van der Waals surface area (Å²) in [6.07, 6.45) is 1.49. The van der Waals surface area contributed by atoms with Crippen molar-refractivity contribution in [3.8, 4) is 0 Å². The molecule has 0 aliphatic carbocycles. The standard InChI is InChI=1S/C16H13ClN2O/c17-14-8-6-12(7-9-14)15-10-16(19(11-20)18-15)13-4-2-1-3-5-13/h1-9,11,16H,10H2/t16-/m1/s1. The van der Waals surface area contributed by atoms with Gasteiger partial charge in [0.25, 0.3) is 0 Å². The van der Waals surface area contributed by atoms with Crippen LogP contribution in [0.4, 0.5) is 0 Å². The van der Waals surface area contributed by atoms with Crippen molar-refractivity contribution in [2.45, 2.75) is 12.5 Å². The van der Waals surface area contributed by atoms with E-state index >= 15 is 0 Å². The van der Waals surface area contributed by atoms with E-state index in [2.05, 4.69) is 5.10 Å². The van der Waals surface area contributed by atoms with Crippen molar-refractivity contribution in [2.75, 3.05) is 0 Å². The van der Waals surface area contributed by atoms with Crippen molar-refractivity contribution in [3.63, 3.8) is 0 Å². The van der Waals surface area contributed by atoms with E-state index in [-0.39, 0.29) is 6.04 Å². The van der Waals surface area contributed by atoms with Crippen LogP contribution in [0.25, 0.3) is 0 Å². The smallest absolute Gasteiger partial charge is 0.230 e. The summed E-state index contributed by atoms with van der Waals surface area (Å²) in [7, 11) is 0. The van der Waals surface area contributed by atoms with Gasteiger partial charge in [-0.2, -0.15) is 5.10 Å². The highest BCUT2D eigenvalue weighted by Crippen LogP contribution is 2.31. The third kappa shape index (κ3) is 2.45. The van der Waals surface area contributed by atoms with Crippen molar-refractivity contribution in [1.82, 2.24) is 5.01 Å². The number of hydrazone groups is 1. The van der Waals surface area contributed by atoms with Gasteiger partial charge in [-0.1, -0.05) is 54.1 Å². The Morgan fingerprint density at radius 3 is 2.45 bits per heavy atom. The van der Waals surface area contributed by atoms with Gasteiger partial charge in [0, 0.05) is 11.4 Å². The highest BCUT2D eigenvalue weighted by Gasteiger charge is 2.28. The molecule has 2 aromatic rings. The Hall–Kier alpha value is -2.13. The minimum atomic E-state index is -0.0284. The second-order valence-electron chi connectivity index (χ2n) is 4.67. The van der Waals surface area contributed by atoms with Gasteiger partial charge < -0.3 is 0 Å². The minimum Gasteiger partial charge on any atom is -0.277 e. The first kappa shape index (κ1) is 12.9. The second kappa shape index (κ2) is 5.47. The Kier molecular flexibility index (Phi) is 3.52. The van der Waals surface area contributed by atoms with Crippen LogP contribution in [0.1, 0.15) is 23.6 Å². The largest absolute Gasteiger partial charge is 0.277 e. The summed E-state index contributed by atoms with van der Waals surface area (Å²) in [6.45, 7) is 0. The molecule has 0 saturated heterocycles. The molecule has 1 aliphatic heterocycles. The molecular weight excluding hydrogens is 272 g/mol. The molecule has 2 aromatic carbocycles.